The first-order valence-corrected chi connectivity index (χ1v) is 8.69. The van der Waals surface area contributed by atoms with Crippen LogP contribution in [-0.2, 0) is 14.4 Å². The number of hydrogen-bond donors (Lipinski definition) is 2. The number of aliphatic carboxylic acids is 1. The van der Waals surface area contributed by atoms with Crippen molar-refractivity contribution in [1.82, 2.24) is 4.90 Å². The van der Waals surface area contributed by atoms with Crippen LogP contribution in [0.15, 0.2) is 54.1 Å². The maximum atomic E-state index is 13.8. The molecule has 3 rings (SSSR count). The van der Waals surface area contributed by atoms with Crippen LogP contribution >= 0.6 is 11.6 Å². The number of aliphatic hydroxyl groups excluding tert-OH is 1. The third-order valence-corrected chi connectivity index (χ3v) is 4.64. The lowest BCUT2D eigenvalue weighted by Crippen LogP contribution is -2.31. The van der Waals surface area contributed by atoms with Gasteiger partial charge in [0.25, 0.3) is 11.7 Å². The van der Waals surface area contributed by atoms with Crippen molar-refractivity contribution in [1.29, 1.82) is 0 Å². The molecule has 0 saturated carbocycles. The summed E-state index contributed by atoms with van der Waals surface area (Å²) in [5, 5.41) is 20.1. The number of rotatable bonds is 5. The molecule has 1 unspecified atom stereocenters. The van der Waals surface area contributed by atoms with Gasteiger partial charge in [-0.25, -0.2) is 4.39 Å². The Kier molecular flexibility index (Phi) is 5.46. The van der Waals surface area contributed by atoms with Crippen LogP contribution in [0.3, 0.4) is 0 Å². The average molecular weight is 404 g/mol. The number of nitrogens with zero attached hydrogens (tertiary/aromatic N) is 1. The number of carbonyl (C=O) groups excluding carboxylic acids is 2. The Balaban J connectivity index is 2.16. The van der Waals surface area contributed by atoms with Crippen LogP contribution in [0.5, 0.6) is 0 Å². The number of halogens is 2. The highest BCUT2D eigenvalue weighted by Crippen LogP contribution is 2.39. The molecule has 2 N–H and O–H groups in total. The number of likely N-dealkylation sites (tertiary alicyclic amines) is 1. The van der Waals surface area contributed by atoms with E-state index in [4.69, 9.17) is 16.7 Å². The van der Waals surface area contributed by atoms with Crippen molar-refractivity contribution in [2.45, 2.75) is 12.5 Å². The van der Waals surface area contributed by atoms with Gasteiger partial charge in [-0.2, -0.15) is 0 Å². The van der Waals surface area contributed by atoms with Gasteiger partial charge in [0.05, 0.1) is 18.0 Å². The fraction of sp³-hybridized carbons (Fsp3) is 0.150. The Morgan fingerprint density at radius 1 is 1.11 bits per heavy atom. The van der Waals surface area contributed by atoms with Gasteiger partial charge in [0.2, 0.25) is 0 Å². The van der Waals surface area contributed by atoms with Gasteiger partial charge < -0.3 is 15.1 Å². The lowest BCUT2D eigenvalue weighted by molar-refractivity contribution is -0.142. The summed E-state index contributed by atoms with van der Waals surface area (Å²) in [5.74, 6) is -4.11. The molecule has 0 bridgehead atoms. The first-order chi connectivity index (χ1) is 13.3. The summed E-state index contributed by atoms with van der Waals surface area (Å²) in [7, 11) is 0. The number of Topliss-reactive ketones (excluding diaryl/α,β-unsaturated/α-hetero) is 1. The van der Waals surface area contributed by atoms with E-state index in [2.05, 4.69) is 0 Å². The maximum Gasteiger partial charge on any atom is 0.305 e. The average Bonchev–Trinajstić information content (AvgIpc) is 2.91. The van der Waals surface area contributed by atoms with Crippen molar-refractivity contribution in [3.8, 4) is 0 Å². The second-order valence-corrected chi connectivity index (χ2v) is 6.63. The molecule has 144 valence electrons. The van der Waals surface area contributed by atoms with E-state index in [0.717, 1.165) is 11.0 Å². The van der Waals surface area contributed by atoms with E-state index >= 15 is 0 Å². The molecule has 1 heterocycles. The molecule has 0 spiro atoms. The van der Waals surface area contributed by atoms with Crippen LogP contribution < -0.4 is 0 Å². The fourth-order valence-corrected chi connectivity index (χ4v) is 3.24. The minimum absolute atomic E-state index is 0.233. The SMILES string of the molecule is O=C(O)CCN1C(=O)C(=O)/C(=C(/O)c2ccc(Cl)cc2)C1c1cccc(F)c1. The molecule has 28 heavy (non-hydrogen) atoms. The van der Waals surface area contributed by atoms with Crippen LogP contribution in [0, 0.1) is 5.82 Å². The second kappa shape index (κ2) is 7.82. The van der Waals surface area contributed by atoms with Gasteiger partial charge >= 0.3 is 5.97 Å². The Morgan fingerprint density at radius 3 is 2.39 bits per heavy atom. The highest BCUT2D eigenvalue weighted by Gasteiger charge is 2.46. The molecular weight excluding hydrogens is 389 g/mol. The largest absolute Gasteiger partial charge is 0.507 e. The van der Waals surface area contributed by atoms with Crippen LogP contribution in [-0.4, -0.2) is 39.3 Å². The zero-order valence-electron chi connectivity index (χ0n) is 14.4. The fourth-order valence-electron chi connectivity index (χ4n) is 3.11. The van der Waals surface area contributed by atoms with Crippen LogP contribution in [0.25, 0.3) is 5.76 Å². The monoisotopic (exact) mass is 403 g/mol. The molecule has 1 aliphatic heterocycles. The molecule has 1 aliphatic rings. The Labute approximate surface area is 164 Å². The van der Waals surface area contributed by atoms with E-state index in [0.29, 0.717) is 5.02 Å². The number of benzene rings is 2. The summed E-state index contributed by atoms with van der Waals surface area (Å²) < 4.78 is 13.8. The minimum Gasteiger partial charge on any atom is -0.507 e. The van der Waals surface area contributed by atoms with Crippen molar-refractivity contribution in [3.63, 3.8) is 0 Å². The number of carbonyl (C=O) groups is 3. The van der Waals surface area contributed by atoms with Gasteiger partial charge in [-0.15, -0.1) is 0 Å². The number of aliphatic hydroxyl groups is 1. The quantitative estimate of drug-likeness (QED) is 0.453. The van der Waals surface area contributed by atoms with Gasteiger partial charge in [0.15, 0.2) is 0 Å². The molecule has 2 aromatic carbocycles. The molecule has 1 amide bonds. The molecule has 6 nitrogen and oxygen atoms in total. The van der Waals surface area contributed by atoms with Crippen molar-refractivity contribution < 1.29 is 29.0 Å². The highest BCUT2D eigenvalue weighted by molar-refractivity contribution is 6.46. The Hall–Kier alpha value is -3.19. The van der Waals surface area contributed by atoms with Crippen molar-refractivity contribution >= 4 is 35.0 Å². The third kappa shape index (κ3) is 3.75. The predicted molar refractivity (Wildman–Crippen MR) is 99.1 cm³/mol. The number of carboxylic acid groups (broad SMARTS) is 1. The zero-order valence-corrected chi connectivity index (χ0v) is 15.2. The van der Waals surface area contributed by atoms with E-state index < -0.39 is 41.7 Å². The summed E-state index contributed by atoms with van der Waals surface area (Å²) in [6, 6.07) is 10.1. The highest BCUT2D eigenvalue weighted by atomic mass is 35.5. The molecular formula is C20H15ClFNO5. The summed E-state index contributed by atoms with van der Waals surface area (Å²) in [6.45, 7) is -0.265. The predicted octanol–water partition coefficient (Wildman–Crippen LogP) is 3.38. The van der Waals surface area contributed by atoms with Crippen LogP contribution in [0.4, 0.5) is 4.39 Å². The van der Waals surface area contributed by atoms with Gasteiger partial charge in [0, 0.05) is 17.1 Å². The van der Waals surface area contributed by atoms with Crippen molar-refractivity contribution in [2.24, 2.45) is 0 Å². The van der Waals surface area contributed by atoms with Crippen molar-refractivity contribution in [3.05, 3.63) is 76.1 Å². The van der Waals surface area contributed by atoms with Gasteiger partial charge in [0.1, 0.15) is 11.6 Å². The second-order valence-electron chi connectivity index (χ2n) is 6.20. The molecule has 2 aromatic rings. The maximum absolute atomic E-state index is 13.8. The van der Waals surface area contributed by atoms with E-state index in [-0.39, 0.29) is 23.2 Å². The molecule has 1 atom stereocenters. The van der Waals surface area contributed by atoms with Gasteiger partial charge in [-0.1, -0.05) is 23.7 Å². The van der Waals surface area contributed by atoms with E-state index in [9.17, 15) is 23.9 Å². The number of carboxylic acids is 1. The topological polar surface area (TPSA) is 94.9 Å². The number of ketones is 1. The normalized spacial score (nSPS) is 18.5. The Bertz CT molecular complexity index is 986. The smallest absolute Gasteiger partial charge is 0.305 e. The molecule has 0 aliphatic carbocycles. The lowest BCUT2D eigenvalue weighted by Gasteiger charge is -2.24. The van der Waals surface area contributed by atoms with E-state index in [1.165, 1.54) is 42.5 Å². The van der Waals surface area contributed by atoms with Gasteiger partial charge in [-0.3, -0.25) is 14.4 Å². The minimum atomic E-state index is -1.16. The first-order valence-electron chi connectivity index (χ1n) is 8.31. The van der Waals surface area contributed by atoms with E-state index in [1.807, 2.05) is 0 Å². The summed E-state index contributed by atoms with van der Waals surface area (Å²) in [6.07, 6.45) is -0.403. The summed E-state index contributed by atoms with van der Waals surface area (Å²) >= 11 is 5.84. The molecule has 0 aromatic heterocycles. The van der Waals surface area contributed by atoms with Gasteiger partial charge in [-0.05, 0) is 42.0 Å². The molecule has 1 saturated heterocycles. The number of hydrogen-bond acceptors (Lipinski definition) is 4. The molecule has 8 heteroatoms. The summed E-state index contributed by atoms with van der Waals surface area (Å²) in [4.78, 5) is 37.1. The van der Waals surface area contributed by atoms with Crippen LogP contribution in [0.2, 0.25) is 5.02 Å². The van der Waals surface area contributed by atoms with Crippen LogP contribution in [0.1, 0.15) is 23.6 Å². The first kappa shape index (κ1) is 19.6. The van der Waals surface area contributed by atoms with Crippen molar-refractivity contribution in [2.75, 3.05) is 6.54 Å². The number of amides is 1. The molecule has 1 fully saturated rings. The zero-order chi connectivity index (χ0) is 20.4. The van der Waals surface area contributed by atoms with E-state index in [1.54, 1.807) is 0 Å². The summed E-state index contributed by atoms with van der Waals surface area (Å²) in [5.41, 5.74) is 0.269. The Morgan fingerprint density at radius 2 is 1.79 bits per heavy atom. The third-order valence-electron chi connectivity index (χ3n) is 4.39. The standard InChI is InChI=1S/C20H15ClFNO5/c21-13-6-4-11(5-7-13)18(26)16-17(12-2-1-3-14(22)10-12)23(9-8-15(24)25)20(28)19(16)27/h1-7,10,17,26H,8-9H2,(H,24,25)/b18-16+. The molecule has 0 radical (unpaired) electrons. The lowest BCUT2D eigenvalue weighted by atomic mass is 9.95.